The monoisotopic (exact) mass is 229 g/mol. The predicted molar refractivity (Wildman–Crippen MR) is 46.1 cm³/mol. The minimum atomic E-state index is -4.51. The van der Waals surface area contributed by atoms with Crippen molar-refractivity contribution in [3.63, 3.8) is 0 Å². The SMILES string of the molecule is COC(CC(NC(C)=O)C(F)(F)F)OC. The van der Waals surface area contributed by atoms with Gasteiger partial charge in [0, 0.05) is 27.6 Å². The Labute approximate surface area is 85.7 Å². The lowest BCUT2D eigenvalue weighted by molar-refractivity contribution is -0.185. The first-order valence-electron chi connectivity index (χ1n) is 4.20. The van der Waals surface area contributed by atoms with Gasteiger partial charge in [-0.05, 0) is 0 Å². The van der Waals surface area contributed by atoms with E-state index >= 15 is 0 Å². The molecule has 15 heavy (non-hydrogen) atoms. The highest BCUT2D eigenvalue weighted by molar-refractivity contribution is 5.73. The number of carbonyl (C=O) groups excluding carboxylic acids is 1. The van der Waals surface area contributed by atoms with Gasteiger partial charge < -0.3 is 14.8 Å². The van der Waals surface area contributed by atoms with E-state index in [0.29, 0.717) is 0 Å². The van der Waals surface area contributed by atoms with Gasteiger partial charge >= 0.3 is 6.18 Å². The molecule has 1 unspecified atom stereocenters. The molecule has 0 aromatic rings. The maximum absolute atomic E-state index is 12.4. The highest BCUT2D eigenvalue weighted by Gasteiger charge is 2.41. The molecule has 0 aromatic carbocycles. The van der Waals surface area contributed by atoms with E-state index in [1.807, 2.05) is 0 Å². The van der Waals surface area contributed by atoms with Gasteiger partial charge in [0.25, 0.3) is 0 Å². The lowest BCUT2D eigenvalue weighted by Gasteiger charge is -2.24. The van der Waals surface area contributed by atoms with Crippen molar-refractivity contribution in [1.82, 2.24) is 5.32 Å². The third-order valence-electron chi connectivity index (χ3n) is 1.73. The summed E-state index contributed by atoms with van der Waals surface area (Å²) in [5.74, 6) is -0.747. The molecule has 7 heteroatoms. The standard InChI is InChI=1S/C8H14F3NO3/c1-5(13)12-6(8(9,10)11)4-7(14-2)15-3/h6-7H,4H2,1-3H3,(H,12,13). The van der Waals surface area contributed by atoms with Crippen LogP contribution in [0.15, 0.2) is 0 Å². The molecule has 90 valence electrons. The molecule has 0 aliphatic heterocycles. The van der Waals surface area contributed by atoms with Crippen LogP contribution in [0.2, 0.25) is 0 Å². The summed E-state index contributed by atoms with van der Waals surface area (Å²) in [6, 6.07) is -1.96. The van der Waals surface area contributed by atoms with Gasteiger partial charge in [0.1, 0.15) is 6.04 Å². The van der Waals surface area contributed by atoms with Gasteiger partial charge in [0.2, 0.25) is 5.91 Å². The molecule has 0 saturated heterocycles. The fraction of sp³-hybridized carbons (Fsp3) is 0.875. The fourth-order valence-electron chi connectivity index (χ4n) is 1.00. The molecule has 0 aliphatic carbocycles. The number of methoxy groups -OCH3 is 2. The van der Waals surface area contributed by atoms with Crippen molar-refractivity contribution in [2.45, 2.75) is 31.9 Å². The van der Waals surface area contributed by atoms with Crippen LogP contribution in [0.5, 0.6) is 0 Å². The summed E-state index contributed by atoms with van der Waals surface area (Å²) in [5, 5.41) is 1.80. The second kappa shape index (κ2) is 5.92. The second-order valence-electron chi connectivity index (χ2n) is 2.93. The Kier molecular flexibility index (Phi) is 5.59. The highest BCUT2D eigenvalue weighted by atomic mass is 19.4. The van der Waals surface area contributed by atoms with E-state index in [1.54, 1.807) is 5.32 Å². The molecule has 0 aromatic heterocycles. The quantitative estimate of drug-likeness (QED) is 0.717. The number of hydrogen-bond donors (Lipinski definition) is 1. The van der Waals surface area contributed by atoms with Gasteiger partial charge in [-0.15, -0.1) is 0 Å². The van der Waals surface area contributed by atoms with E-state index in [4.69, 9.17) is 0 Å². The van der Waals surface area contributed by atoms with Crippen molar-refractivity contribution in [2.24, 2.45) is 0 Å². The molecule has 1 N–H and O–H groups in total. The maximum atomic E-state index is 12.4. The van der Waals surface area contributed by atoms with Crippen LogP contribution >= 0.6 is 0 Å². The first-order valence-corrected chi connectivity index (χ1v) is 4.20. The van der Waals surface area contributed by atoms with Crippen molar-refractivity contribution in [2.75, 3.05) is 14.2 Å². The summed E-state index contributed by atoms with van der Waals surface area (Å²) in [6.07, 6.45) is -5.99. The van der Waals surface area contributed by atoms with E-state index in [9.17, 15) is 18.0 Å². The molecule has 0 fully saturated rings. The van der Waals surface area contributed by atoms with Crippen molar-refractivity contribution >= 4 is 5.91 Å². The zero-order valence-electron chi connectivity index (χ0n) is 8.72. The summed E-state index contributed by atoms with van der Waals surface area (Å²) in [6.45, 7) is 1.02. The molecule has 0 radical (unpaired) electrons. The molecular formula is C8H14F3NO3. The number of alkyl halides is 3. The van der Waals surface area contributed by atoms with Crippen molar-refractivity contribution in [1.29, 1.82) is 0 Å². The van der Waals surface area contributed by atoms with Crippen LogP contribution < -0.4 is 5.32 Å². The predicted octanol–water partition coefficient (Wildman–Crippen LogP) is 1.06. The van der Waals surface area contributed by atoms with Gasteiger partial charge in [-0.3, -0.25) is 4.79 Å². The lowest BCUT2D eigenvalue weighted by Crippen LogP contribution is -2.46. The molecule has 0 aliphatic rings. The number of nitrogens with one attached hydrogen (secondary N) is 1. The van der Waals surface area contributed by atoms with Crippen molar-refractivity contribution < 1.29 is 27.4 Å². The summed E-state index contributed by atoms with van der Waals surface area (Å²) in [4.78, 5) is 10.6. The van der Waals surface area contributed by atoms with E-state index in [2.05, 4.69) is 9.47 Å². The summed E-state index contributed by atoms with van der Waals surface area (Å²) < 4.78 is 46.4. The Bertz CT molecular complexity index is 204. The number of amides is 1. The van der Waals surface area contributed by atoms with Crippen LogP contribution in [0, 0.1) is 0 Å². The molecule has 0 saturated carbocycles. The summed E-state index contributed by atoms with van der Waals surface area (Å²) in [5.41, 5.74) is 0. The summed E-state index contributed by atoms with van der Waals surface area (Å²) >= 11 is 0. The third kappa shape index (κ3) is 5.58. The van der Waals surface area contributed by atoms with Gasteiger partial charge in [-0.1, -0.05) is 0 Å². The van der Waals surface area contributed by atoms with Crippen LogP contribution in [0.3, 0.4) is 0 Å². The van der Waals surface area contributed by atoms with E-state index in [1.165, 1.54) is 14.2 Å². The van der Waals surface area contributed by atoms with Crippen LogP contribution in [0.4, 0.5) is 13.2 Å². The molecule has 0 spiro atoms. The molecule has 0 rings (SSSR count). The Morgan fingerprint density at radius 2 is 1.80 bits per heavy atom. The molecule has 1 atom stereocenters. The Hall–Kier alpha value is -0.820. The van der Waals surface area contributed by atoms with Crippen molar-refractivity contribution in [3.05, 3.63) is 0 Å². The molecule has 1 amide bonds. The minimum Gasteiger partial charge on any atom is -0.356 e. The van der Waals surface area contributed by atoms with Crippen LogP contribution in [0.1, 0.15) is 13.3 Å². The summed E-state index contributed by atoms with van der Waals surface area (Å²) in [7, 11) is 2.46. The number of halogens is 3. The average molecular weight is 229 g/mol. The highest BCUT2D eigenvalue weighted by Crippen LogP contribution is 2.24. The topological polar surface area (TPSA) is 47.6 Å². The van der Waals surface area contributed by atoms with Gasteiger partial charge in [0.05, 0.1) is 0 Å². The molecule has 0 heterocycles. The van der Waals surface area contributed by atoms with Crippen molar-refractivity contribution in [3.8, 4) is 0 Å². The fourth-order valence-corrected chi connectivity index (χ4v) is 1.00. The molecule has 4 nitrogen and oxygen atoms in total. The number of carbonyl (C=O) groups is 1. The first kappa shape index (κ1) is 14.2. The number of ether oxygens (including phenoxy) is 2. The van der Waals surface area contributed by atoms with Crippen LogP contribution in [-0.4, -0.2) is 38.6 Å². The van der Waals surface area contributed by atoms with E-state index in [-0.39, 0.29) is 0 Å². The zero-order valence-corrected chi connectivity index (χ0v) is 8.72. The number of rotatable bonds is 5. The normalized spacial score (nSPS) is 14.1. The number of hydrogen-bond acceptors (Lipinski definition) is 3. The Morgan fingerprint density at radius 3 is 2.07 bits per heavy atom. The smallest absolute Gasteiger partial charge is 0.356 e. The Morgan fingerprint density at radius 1 is 1.33 bits per heavy atom. The van der Waals surface area contributed by atoms with E-state index < -0.39 is 30.8 Å². The van der Waals surface area contributed by atoms with Crippen LogP contribution in [0.25, 0.3) is 0 Å². The second-order valence-corrected chi connectivity index (χ2v) is 2.93. The minimum absolute atomic E-state index is 0.476. The Balaban J connectivity index is 4.43. The average Bonchev–Trinajstić information content (AvgIpc) is 2.09. The zero-order chi connectivity index (χ0) is 12.1. The van der Waals surface area contributed by atoms with Gasteiger partial charge in [-0.25, -0.2) is 0 Å². The third-order valence-corrected chi connectivity index (χ3v) is 1.73. The van der Waals surface area contributed by atoms with Gasteiger partial charge in [0.15, 0.2) is 6.29 Å². The van der Waals surface area contributed by atoms with Gasteiger partial charge in [-0.2, -0.15) is 13.2 Å². The van der Waals surface area contributed by atoms with E-state index in [0.717, 1.165) is 6.92 Å². The molecule has 0 bridgehead atoms. The largest absolute Gasteiger partial charge is 0.408 e. The van der Waals surface area contributed by atoms with Crippen LogP contribution in [-0.2, 0) is 14.3 Å². The molecular weight excluding hydrogens is 215 g/mol. The maximum Gasteiger partial charge on any atom is 0.408 e. The first-order chi connectivity index (χ1) is 6.81. The lowest BCUT2D eigenvalue weighted by atomic mass is 10.2.